The number of ether oxygens (including phenoxy) is 2. The van der Waals surface area contributed by atoms with E-state index in [1.165, 1.54) is 38.4 Å². The van der Waals surface area contributed by atoms with Gasteiger partial charge in [-0.1, -0.05) is 30.3 Å². The minimum Gasteiger partial charge on any atom is -0.507 e. The van der Waals surface area contributed by atoms with E-state index in [4.69, 9.17) is 9.47 Å². The number of benzene rings is 2. The van der Waals surface area contributed by atoms with Gasteiger partial charge in [-0.3, -0.25) is 19.3 Å². The lowest BCUT2D eigenvalue weighted by atomic mass is 9.82. The summed E-state index contributed by atoms with van der Waals surface area (Å²) in [5.41, 5.74) is -1.30. The van der Waals surface area contributed by atoms with Gasteiger partial charge in [-0.15, -0.1) is 0 Å². The molecule has 228 valence electrons. The van der Waals surface area contributed by atoms with Crippen molar-refractivity contribution in [1.82, 2.24) is 14.1 Å². The number of Topliss-reactive ketones (excluding diaryl/α,β-unsaturated/α-hetero) is 1. The molecule has 2 aromatic carbocycles. The van der Waals surface area contributed by atoms with Gasteiger partial charge >= 0.3 is 0 Å². The number of para-hydroxylation sites is 1. The zero-order valence-electron chi connectivity index (χ0n) is 23.9. The lowest BCUT2D eigenvalue weighted by Gasteiger charge is -2.36. The van der Waals surface area contributed by atoms with Gasteiger partial charge < -0.3 is 24.4 Å². The Labute approximate surface area is 250 Å². The normalized spacial score (nSPS) is 24.7. The predicted molar refractivity (Wildman–Crippen MR) is 156 cm³/mol. The van der Waals surface area contributed by atoms with Gasteiger partial charge in [0.25, 0.3) is 17.6 Å². The molecule has 2 amide bonds. The molecule has 2 aromatic rings. The summed E-state index contributed by atoms with van der Waals surface area (Å²) in [6.07, 6.45) is 0. The molecule has 4 aliphatic rings. The van der Waals surface area contributed by atoms with Gasteiger partial charge in [-0.25, -0.2) is 8.42 Å². The van der Waals surface area contributed by atoms with Crippen molar-refractivity contribution >= 4 is 39.1 Å². The van der Waals surface area contributed by atoms with Crippen LogP contribution in [-0.2, 0) is 39.4 Å². The Morgan fingerprint density at radius 2 is 1.58 bits per heavy atom. The number of anilines is 1. The Balaban J connectivity index is 1.50. The van der Waals surface area contributed by atoms with Crippen LogP contribution in [-0.4, -0.2) is 117 Å². The summed E-state index contributed by atoms with van der Waals surface area (Å²) in [5, 5.41) is 11.8. The minimum atomic E-state index is -3.93. The number of hydrogen-bond donors (Lipinski definition) is 1. The van der Waals surface area contributed by atoms with E-state index < -0.39 is 38.9 Å². The summed E-state index contributed by atoms with van der Waals surface area (Å²) < 4.78 is 38.8. The standard InChI is InChI=1S/C30H34N4O8S/c1-2-33-24-9-4-3-8-23(24)30(29(33)38)25(27(36)28(37)34(30)11-10-31-12-16-41-17-13-31)26(35)21-6-5-7-22(20-21)43(39,40)32-14-18-42-19-15-32/h3-9,20,35H,2,10-19H2,1H3/b26-25+. The molecule has 1 atom stereocenters. The van der Waals surface area contributed by atoms with Crippen LogP contribution in [0.15, 0.2) is 59.0 Å². The number of hydrogen-bond acceptors (Lipinski definition) is 9. The van der Waals surface area contributed by atoms with E-state index in [-0.39, 0.29) is 55.4 Å². The third-order valence-electron chi connectivity index (χ3n) is 8.58. The Kier molecular flexibility index (Phi) is 7.86. The quantitative estimate of drug-likeness (QED) is 0.276. The Morgan fingerprint density at radius 3 is 2.28 bits per heavy atom. The molecule has 0 bridgehead atoms. The summed E-state index contributed by atoms with van der Waals surface area (Å²) in [6, 6.07) is 12.6. The average molecular weight is 611 g/mol. The van der Waals surface area contributed by atoms with E-state index in [1.54, 1.807) is 31.2 Å². The van der Waals surface area contributed by atoms with Gasteiger partial charge in [-0.2, -0.15) is 4.31 Å². The number of aliphatic hydroxyl groups excluding tert-OH is 1. The zero-order valence-corrected chi connectivity index (χ0v) is 24.7. The summed E-state index contributed by atoms with van der Waals surface area (Å²) >= 11 is 0. The maximum Gasteiger partial charge on any atom is 0.296 e. The van der Waals surface area contributed by atoms with Crippen molar-refractivity contribution in [3.05, 3.63) is 65.2 Å². The molecule has 4 heterocycles. The fourth-order valence-electron chi connectivity index (χ4n) is 6.43. The molecule has 13 heteroatoms. The summed E-state index contributed by atoms with van der Waals surface area (Å²) in [7, 11) is -3.93. The summed E-state index contributed by atoms with van der Waals surface area (Å²) in [6.45, 7) is 5.81. The fraction of sp³-hybridized carbons (Fsp3) is 0.433. The first-order valence-corrected chi connectivity index (χ1v) is 15.9. The topological polar surface area (TPSA) is 137 Å². The molecule has 1 unspecified atom stereocenters. The second-order valence-electron chi connectivity index (χ2n) is 10.8. The molecule has 0 saturated carbocycles. The number of carbonyl (C=O) groups excluding carboxylic acids is 3. The molecule has 3 fully saturated rings. The smallest absolute Gasteiger partial charge is 0.296 e. The molecule has 1 spiro atoms. The van der Waals surface area contributed by atoms with Gasteiger partial charge in [0.15, 0.2) is 5.54 Å². The second-order valence-corrected chi connectivity index (χ2v) is 12.7. The minimum absolute atomic E-state index is 0.0140. The Morgan fingerprint density at radius 1 is 0.907 bits per heavy atom. The SMILES string of the molecule is CCN1C(=O)C2(/C(=C(/O)c3cccc(S(=O)(=O)N4CCOCC4)c3)C(=O)C(=O)N2CCN2CCOCC2)c2ccccc21. The lowest BCUT2D eigenvalue weighted by molar-refractivity contribution is -0.144. The van der Waals surface area contributed by atoms with Crippen molar-refractivity contribution in [3.63, 3.8) is 0 Å². The molecule has 12 nitrogen and oxygen atoms in total. The molecule has 0 aromatic heterocycles. The maximum absolute atomic E-state index is 14.4. The van der Waals surface area contributed by atoms with Gasteiger partial charge in [-0.05, 0) is 25.1 Å². The van der Waals surface area contributed by atoms with Crippen molar-refractivity contribution in [2.45, 2.75) is 17.4 Å². The number of rotatable bonds is 7. The highest BCUT2D eigenvalue weighted by Gasteiger charge is 2.66. The fourth-order valence-corrected chi connectivity index (χ4v) is 7.89. The van der Waals surface area contributed by atoms with Crippen molar-refractivity contribution in [3.8, 4) is 0 Å². The van der Waals surface area contributed by atoms with Crippen LogP contribution in [0.3, 0.4) is 0 Å². The van der Waals surface area contributed by atoms with Crippen molar-refractivity contribution < 1.29 is 37.4 Å². The van der Waals surface area contributed by atoms with Crippen LogP contribution in [0.1, 0.15) is 18.1 Å². The number of sulfonamides is 1. The molecule has 6 rings (SSSR count). The van der Waals surface area contributed by atoms with E-state index >= 15 is 0 Å². The monoisotopic (exact) mass is 610 g/mol. The maximum atomic E-state index is 14.4. The van der Waals surface area contributed by atoms with Crippen molar-refractivity contribution in [2.24, 2.45) is 0 Å². The van der Waals surface area contributed by atoms with Crippen LogP contribution in [0, 0.1) is 0 Å². The number of carbonyl (C=O) groups is 3. The number of morpholine rings is 2. The van der Waals surface area contributed by atoms with Gasteiger partial charge in [0.05, 0.1) is 42.6 Å². The van der Waals surface area contributed by atoms with Gasteiger partial charge in [0.2, 0.25) is 10.0 Å². The molecule has 1 N–H and O–H groups in total. The van der Waals surface area contributed by atoms with E-state index in [0.29, 0.717) is 44.1 Å². The van der Waals surface area contributed by atoms with Crippen LogP contribution in [0.4, 0.5) is 5.69 Å². The summed E-state index contributed by atoms with van der Waals surface area (Å²) in [4.78, 5) is 46.9. The molecule has 3 saturated heterocycles. The predicted octanol–water partition coefficient (Wildman–Crippen LogP) is 0.982. The highest BCUT2D eigenvalue weighted by molar-refractivity contribution is 7.89. The molecule has 4 aliphatic heterocycles. The second kappa shape index (κ2) is 11.5. The molecule has 0 aliphatic carbocycles. The molecular weight excluding hydrogens is 576 g/mol. The van der Waals surface area contributed by atoms with Crippen LogP contribution in [0.2, 0.25) is 0 Å². The third-order valence-corrected chi connectivity index (χ3v) is 10.5. The van der Waals surface area contributed by atoms with E-state index in [9.17, 15) is 27.9 Å². The lowest BCUT2D eigenvalue weighted by Crippen LogP contribution is -2.54. The average Bonchev–Trinajstić information content (AvgIpc) is 3.42. The van der Waals surface area contributed by atoms with E-state index in [2.05, 4.69) is 4.90 Å². The number of likely N-dealkylation sites (N-methyl/N-ethyl adjacent to an activating group) is 1. The van der Waals surface area contributed by atoms with E-state index in [1.807, 2.05) is 0 Å². The first kappa shape index (κ1) is 29.5. The number of likely N-dealkylation sites (tertiary alicyclic amines) is 1. The van der Waals surface area contributed by atoms with Crippen LogP contribution >= 0.6 is 0 Å². The number of aliphatic hydroxyl groups is 1. The van der Waals surface area contributed by atoms with Crippen LogP contribution in [0.5, 0.6) is 0 Å². The highest BCUT2D eigenvalue weighted by Crippen LogP contribution is 2.53. The van der Waals surface area contributed by atoms with E-state index in [0.717, 1.165) is 0 Å². The first-order valence-electron chi connectivity index (χ1n) is 14.4. The zero-order chi connectivity index (χ0) is 30.4. The Bertz CT molecular complexity index is 1600. The first-order chi connectivity index (χ1) is 20.7. The largest absolute Gasteiger partial charge is 0.507 e. The third kappa shape index (κ3) is 4.66. The number of amides is 2. The Hall–Kier alpha value is -3.62. The number of nitrogens with zero attached hydrogens (tertiary/aromatic N) is 4. The summed E-state index contributed by atoms with van der Waals surface area (Å²) in [5.74, 6) is -3.02. The van der Waals surface area contributed by atoms with Crippen molar-refractivity contribution in [1.29, 1.82) is 0 Å². The van der Waals surface area contributed by atoms with Crippen molar-refractivity contribution in [2.75, 3.05) is 77.1 Å². The van der Waals surface area contributed by atoms with Crippen LogP contribution in [0.25, 0.3) is 5.76 Å². The number of fused-ring (bicyclic) bond motifs is 2. The molecule has 43 heavy (non-hydrogen) atoms. The van der Waals surface area contributed by atoms with Gasteiger partial charge in [0, 0.05) is 56.9 Å². The van der Waals surface area contributed by atoms with Crippen LogP contribution < -0.4 is 4.90 Å². The molecule has 0 radical (unpaired) electrons. The van der Waals surface area contributed by atoms with Gasteiger partial charge in [0.1, 0.15) is 5.76 Å². The molecular formula is C30H34N4O8S. The highest BCUT2D eigenvalue weighted by atomic mass is 32.2. The number of ketones is 1.